The molecule has 4 rings (SSSR count). The molecule has 0 saturated heterocycles. The molecule has 1 aliphatic heterocycles. The molecule has 1 aliphatic carbocycles. The van der Waals surface area contributed by atoms with Crippen molar-refractivity contribution < 1.29 is 27.5 Å². The SMILES string of the molecule is CC(N=C1NS(=O)(=O)c2ccccc21)C(=O)OCC(=O)Nc1ccccc1C(=O)NC1CC1. The number of carbonyl (C=O) groups is 3. The summed E-state index contributed by atoms with van der Waals surface area (Å²) < 4.78 is 31.6. The summed E-state index contributed by atoms with van der Waals surface area (Å²) in [5, 5.41) is 5.43. The molecule has 0 aromatic heterocycles. The summed E-state index contributed by atoms with van der Waals surface area (Å²) in [4.78, 5) is 41.1. The minimum atomic E-state index is -3.73. The van der Waals surface area contributed by atoms with E-state index in [2.05, 4.69) is 20.3 Å². The lowest BCUT2D eigenvalue weighted by atomic mass is 10.1. The Bertz CT molecular complexity index is 1250. The minimum absolute atomic E-state index is 0.0371. The van der Waals surface area contributed by atoms with Crippen LogP contribution >= 0.6 is 0 Å². The molecule has 1 unspecified atom stereocenters. The summed E-state index contributed by atoms with van der Waals surface area (Å²) >= 11 is 0. The van der Waals surface area contributed by atoms with Crippen LogP contribution in [0.25, 0.3) is 0 Å². The highest BCUT2D eigenvalue weighted by Gasteiger charge is 2.31. The second-order valence-corrected chi connectivity index (χ2v) is 9.36. The molecule has 10 nitrogen and oxygen atoms in total. The predicted molar refractivity (Wildman–Crippen MR) is 119 cm³/mol. The van der Waals surface area contributed by atoms with E-state index in [4.69, 9.17) is 4.74 Å². The molecule has 3 N–H and O–H groups in total. The molecule has 11 heteroatoms. The number of amidine groups is 1. The van der Waals surface area contributed by atoms with Gasteiger partial charge in [-0.3, -0.25) is 19.3 Å². The molecule has 1 saturated carbocycles. The lowest BCUT2D eigenvalue weighted by Crippen LogP contribution is -2.30. The Morgan fingerprint density at radius 3 is 2.58 bits per heavy atom. The maximum absolute atomic E-state index is 12.3. The van der Waals surface area contributed by atoms with Crippen molar-refractivity contribution in [2.24, 2.45) is 4.99 Å². The van der Waals surface area contributed by atoms with E-state index in [0.29, 0.717) is 16.8 Å². The van der Waals surface area contributed by atoms with E-state index in [-0.39, 0.29) is 22.7 Å². The highest BCUT2D eigenvalue weighted by atomic mass is 32.2. The zero-order valence-electron chi connectivity index (χ0n) is 17.7. The number of carbonyl (C=O) groups excluding carboxylic acids is 3. The number of ether oxygens (including phenoxy) is 1. The number of amides is 2. The van der Waals surface area contributed by atoms with Gasteiger partial charge in [0.1, 0.15) is 11.9 Å². The average Bonchev–Trinajstić information content (AvgIpc) is 3.56. The summed E-state index contributed by atoms with van der Waals surface area (Å²) in [6.45, 7) is 0.842. The normalized spacial score (nSPS) is 18.0. The van der Waals surface area contributed by atoms with E-state index in [1.807, 2.05) is 0 Å². The van der Waals surface area contributed by atoms with Gasteiger partial charge in [0.2, 0.25) is 0 Å². The van der Waals surface area contributed by atoms with Gasteiger partial charge in [-0.1, -0.05) is 24.3 Å². The van der Waals surface area contributed by atoms with Gasteiger partial charge in [-0.15, -0.1) is 0 Å². The van der Waals surface area contributed by atoms with Crippen LogP contribution in [0.2, 0.25) is 0 Å². The number of fused-ring (bicyclic) bond motifs is 1. The third kappa shape index (κ3) is 5.20. The standard InChI is InChI=1S/C22H22N4O6S/c1-13(23-20-16-7-3-5-9-18(16)33(30,31)26-20)22(29)32-12-19(27)25-17-8-4-2-6-15(17)21(28)24-14-10-11-14/h2-9,13-14H,10-12H2,1H3,(H,23,26)(H,24,28)(H,25,27). The quantitative estimate of drug-likeness (QED) is 0.519. The fourth-order valence-electron chi connectivity index (χ4n) is 3.20. The van der Waals surface area contributed by atoms with Gasteiger partial charge in [-0.2, -0.15) is 0 Å². The average molecular weight is 471 g/mol. The number of sulfonamides is 1. The number of esters is 1. The highest BCUT2D eigenvalue weighted by Crippen LogP contribution is 2.23. The predicted octanol–water partition coefficient (Wildman–Crippen LogP) is 1.19. The van der Waals surface area contributed by atoms with Gasteiger partial charge >= 0.3 is 5.97 Å². The monoisotopic (exact) mass is 470 g/mol. The summed E-state index contributed by atoms with van der Waals surface area (Å²) in [6.07, 6.45) is 1.87. The fraction of sp³-hybridized carbons (Fsp3) is 0.273. The Morgan fingerprint density at radius 1 is 1.12 bits per heavy atom. The molecule has 2 aliphatic rings. The molecule has 2 aromatic rings. The molecule has 0 radical (unpaired) electrons. The summed E-state index contributed by atoms with van der Waals surface area (Å²) in [5.74, 6) is -1.67. The second-order valence-electron chi connectivity index (χ2n) is 7.70. The second kappa shape index (κ2) is 9.02. The maximum Gasteiger partial charge on any atom is 0.331 e. The molecular formula is C22H22N4O6S. The van der Waals surface area contributed by atoms with Crippen molar-refractivity contribution in [3.8, 4) is 0 Å². The molecule has 33 heavy (non-hydrogen) atoms. The summed E-state index contributed by atoms with van der Waals surface area (Å²) in [5.41, 5.74) is 0.981. The van der Waals surface area contributed by atoms with Crippen LogP contribution in [0.1, 0.15) is 35.7 Å². The van der Waals surface area contributed by atoms with Crippen molar-refractivity contribution in [1.82, 2.24) is 10.0 Å². The largest absolute Gasteiger partial charge is 0.454 e. The minimum Gasteiger partial charge on any atom is -0.454 e. The van der Waals surface area contributed by atoms with Gasteiger partial charge in [0.05, 0.1) is 16.1 Å². The van der Waals surface area contributed by atoms with E-state index < -0.39 is 34.5 Å². The van der Waals surface area contributed by atoms with Gasteiger partial charge < -0.3 is 15.4 Å². The third-order valence-electron chi connectivity index (χ3n) is 5.03. The zero-order valence-corrected chi connectivity index (χ0v) is 18.5. The number of para-hydroxylation sites is 1. The number of aliphatic imine (C=N–C) groups is 1. The smallest absolute Gasteiger partial charge is 0.331 e. The van der Waals surface area contributed by atoms with E-state index in [9.17, 15) is 22.8 Å². The first kappa shape index (κ1) is 22.5. The molecule has 2 amide bonds. The lowest BCUT2D eigenvalue weighted by molar-refractivity contribution is -0.148. The van der Waals surface area contributed by atoms with Crippen molar-refractivity contribution in [3.05, 3.63) is 59.7 Å². The van der Waals surface area contributed by atoms with Crippen LogP contribution in [-0.4, -0.2) is 50.7 Å². The number of hydrogen-bond donors (Lipinski definition) is 3. The van der Waals surface area contributed by atoms with Crippen molar-refractivity contribution in [3.63, 3.8) is 0 Å². The molecule has 172 valence electrons. The van der Waals surface area contributed by atoms with Crippen LogP contribution in [0.5, 0.6) is 0 Å². The number of hydrogen-bond acceptors (Lipinski definition) is 7. The third-order valence-corrected chi connectivity index (χ3v) is 6.43. The van der Waals surface area contributed by atoms with E-state index in [1.54, 1.807) is 42.5 Å². The molecule has 1 atom stereocenters. The van der Waals surface area contributed by atoms with Crippen LogP contribution in [0.4, 0.5) is 5.69 Å². The molecule has 1 heterocycles. The number of nitrogens with zero attached hydrogens (tertiary/aromatic N) is 1. The molecular weight excluding hydrogens is 448 g/mol. The van der Waals surface area contributed by atoms with E-state index in [1.165, 1.54) is 13.0 Å². The Morgan fingerprint density at radius 2 is 1.82 bits per heavy atom. The Hall–Kier alpha value is -3.73. The van der Waals surface area contributed by atoms with Crippen molar-refractivity contribution in [2.45, 2.75) is 36.7 Å². The van der Waals surface area contributed by atoms with Crippen molar-refractivity contribution in [2.75, 3.05) is 11.9 Å². The van der Waals surface area contributed by atoms with Crippen LogP contribution in [-0.2, 0) is 24.3 Å². The van der Waals surface area contributed by atoms with Crippen LogP contribution in [0, 0.1) is 0 Å². The summed E-state index contributed by atoms with van der Waals surface area (Å²) in [6, 6.07) is 11.9. The lowest BCUT2D eigenvalue weighted by Gasteiger charge is -2.12. The topological polar surface area (TPSA) is 143 Å². The Labute approximate surface area is 190 Å². The van der Waals surface area contributed by atoms with Crippen LogP contribution in [0.15, 0.2) is 58.4 Å². The van der Waals surface area contributed by atoms with Gasteiger partial charge in [0.25, 0.3) is 21.8 Å². The first-order valence-corrected chi connectivity index (χ1v) is 11.8. The molecule has 1 fully saturated rings. The van der Waals surface area contributed by atoms with E-state index >= 15 is 0 Å². The Balaban J connectivity index is 1.35. The molecule has 2 aromatic carbocycles. The van der Waals surface area contributed by atoms with Gasteiger partial charge in [0.15, 0.2) is 6.61 Å². The van der Waals surface area contributed by atoms with Crippen molar-refractivity contribution in [1.29, 1.82) is 0 Å². The first-order chi connectivity index (χ1) is 15.7. The number of anilines is 1. The highest BCUT2D eigenvalue weighted by molar-refractivity contribution is 7.90. The van der Waals surface area contributed by atoms with Gasteiger partial charge in [0, 0.05) is 11.6 Å². The number of nitrogens with one attached hydrogen (secondary N) is 3. The van der Waals surface area contributed by atoms with Crippen LogP contribution < -0.4 is 15.4 Å². The van der Waals surface area contributed by atoms with Gasteiger partial charge in [-0.25, -0.2) is 13.2 Å². The first-order valence-electron chi connectivity index (χ1n) is 10.3. The van der Waals surface area contributed by atoms with Gasteiger partial charge in [-0.05, 0) is 44.0 Å². The maximum atomic E-state index is 12.3. The fourth-order valence-corrected chi connectivity index (χ4v) is 4.44. The zero-order chi connectivity index (χ0) is 23.6. The Kier molecular flexibility index (Phi) is 6.14. The molecule has 0 bridgehead atoms. The van der Waals surface area contributed by atoms with E-state index in [0.717, 1.165) is 12.8 Å². The van der Waals surface area contributed by atoms with Crippen molar-refractivity contribution >= 4 is 39.3 Å². The number of rotatable bonds is 7. The van der Waals surface area contributed by atoms with Crippen LogP contribution in [0.3, 0.4) is 0 Å². The summed E-state index contributed by atoms with van der Waals surface area (Å²) in [7, 11) is -3.73. The number of benzene rings is 2. The molecule has 0 spiro atoms.